The molecule has 0 amide bonds. The van der Waals surface area contributed by atoms with Crippen molar-refractivity contribution in [3.63, 3.8) is 0 Å². The number of rotatable bonds is 4. The van der Waals surface area contributed by atoms with E-state index in [4.69, 9.17) is 4.42 Å². The van der Waals surface area contributed by atoms with Gasteiger partial charge in [0.15, 0.2) is 0 Å². The molecule has 2 heteroatoms. The zero-order chi connectivity index (χ0) is 26.6. The maximum atomic E-state index is 6.29. The topological polar surface area (TPSA) is 13.1 Å². The summed E-state index contributed by atoms with van der Waals surface area (Å²) in [5.41, 5.74) is 9.39. The summed E-state index contributed by atoms with van der Waals surface area (Å²) in [6.45, 7) is 2.30. The highest BCUT2D eigenvalue weighted by molar-refractivity contribution is 7.26. The van der Waals surface area contributed by atoms with Gasteiger partial charge in [-0.05, 0) is 39.9 Å². The van der Waals surface area contributed by atoms with Crippen LogP contribution in [0.25, 0.3) is 64.4 Å². The first-order chi connectivity index (χ1) is 19.7. The Kier molecular flexibility index (Phi) is 5.36. The van der Waals surface area contributed by atoms with Crippen LogP contribution in [0.1, 0.15) is 24.0 Å². The van der Waals surface area contributed by atoms with Crippen LogP contribution in [0.2, 0.25) is 0 Å². The Bertz CT molecular complexity index is 2180. The van der Waals surface area contributed by atoms with Gasteiger partial charge in [-0.15, -0.1) is 11.3 Å². The van der Waals surface area contributed by atoms with E-state index in [0.717, 1.165) is 27.5 Å². The zero-order valence-electron chi connectivity index (χ0n) is 22.1. The van der Waals surface area contributed by atoms with Gasteiger partial charge in [0, 0.05) is 42.4 Å². The Hall–Kier alpha value is -4.66. The molecule has 0 saturated heterocycles. The van der Waals surface area contributed by atoms with Crippen molar-refractivity contribution in [2.75, 3.05) is 0 Å². The molecule has 190 valence electrons. The van der Waals surface area contributed by atoms with Crippen LogP contribution in [-0.4, -0.2) is 0 Å². The molecule has 0 fully saturated rings. The molecule has 8 rings (SSSR count). The largest absolute Gasteiger partial charge is 0.455 e. The highest BCUT2D eigenvalue weighted by Gasteiger charge is 2.15. The van der Waals surface area contributed by atoms with Crippen molar-refractivity contribution in [2.24, 2.45) is 0 Å². The Labute approximate surface area is 236 Å². The Morgan fingerprint density at radius 1 is 0.525 bits per heavy atom. The summed E-state index contributed by atoms with van der Waals surface area (Å²) in [5.74, 6) is 0.276. The SMILES string of the molecule is CC(c1ccc(-c2cccc3c2oc2ccccc23)cc1)c1cccc(-c2cccc3c2sc2ccccc23)c1. The smallest absolute Gasteiger partial charge is 0.143 e. The number of thiophene rings is 1. The van der Waals surface area contributed by atoms with Gasteiger partial charge < -0.3 is 4.42 Å². The van der Waals surface area contributed by atoms with Gasteiger partial charge in [-0.3, -0.25) is 0 Å². The summed E-state index contributed by atoms with van der Waals surface area (Å²) in [4.78, 5) is 0. The normalized spacial score (nSPS) is 12.5. The van der Waals surface area contributed by atoms with E-state index in [0.29, 0.717) is 0 Å². The Morgan fingerprint density at radius 3 is 2.10 bits per heavy atom. The first kappa shape index (κ1) is 23.2. The van der Waals surface area contributed by atoms with Crippen molar-refractivity contribution in [2.45, 2.75) is 12.8 Å². The molecule has 0 aliphatic heterocycles. The van der Waals surface area contributed by atoms with Gasteiger partial charge in [0.05, 0.1) is 0 Å². The molecule has 0 saturated carbocycles. The van der Waals surface area contributed by atoms with E-state index in [9.17, 15) is 0 Å². The highest BCUT2D eigenvalue weighted by Crippen LogP contribution is 2.41. The second kappa shape index (κ2) is 9.22. The maximum Gasteiger partial charge on any atom is 0.143 e. The standard InChI is InChI=1S/C38H26OS/c1-24(25-19-21-26(22-20-25)29-13-7-15-33-31-11-2-4-17-35(31)39-37(29)33)27-9-6-10-28(23-27)30-14-8-16-34-32-12-3-5-18-36(32)40-38(30)34/h2-24H,1H3. The molecule has 2 heterocycles. The average molecular weight is 531 g/mol. The zero-order valence-corrected chi connectivity index (χ0v) is 22.9. The lowest BCUT2D eigenvalue weighted by Crippen LogP contribution is -1.96. The summed E-state index contributed by atoms with van der Waals surface area (Å²) in [6, 6.07) is 48.1. The van der Waals surface area contributed by atoms with Gasteiger partial charge in [-0.1, -0.05) is 128 Å². The minimum Gasteiger partial charge on any atom is -0.455 e. The van der Waals surface area contributed by atoms with Crippen LogP contribution in [0.3, 0.4) is 0 Å². The molecule has 1 nitrogen and oxygen atoms in total. The van der Waals surface area contributed by atoms with E-state index in [1.165, 1.54) is 48.0 Å². The number of fused-ring (bicyclic) bond motifs is 6. The number of para-hydroxylation sites is 2. The number of hydrogen-bond donors (Lipinski definition) is 0. The van der Waals surface area contributed by atoms with Crippen molar-refractivity contribution in [3.8, 4) is 22.3 Å². The highest BCUT2D eigenvalue weighted by atomic mass is 32.1. The summed E-state index contributed by atoms with van der Waals surface area (Å²) in [6.07, 6.45) is 0. The number of furan rings is 1. The molecule has 0 spiro atoms. The first-order valence-corrected chi connectivity index (χ1v) is 14.6. The van der Waals surface area contributed by atoms with E-state index >= 15 is 0 Å². The monoisotopic (exact) mass is 530 g/mol. The van der Waals surface area contributed by atoms with Crippen molar-refractivity contribution in [1.82, 2.24) is 0 Å². The fourth-order valence-corrected chi connectivity index (χ4v) is 7.31. The molecule has 1 unspecified atom stereocenters. The second-order valence-electron chi connectivity index (χ2n) is 10.5. The molecular weight excluding hydrogens is 504 g/mol. The van der Waals surface area contributed by atoms with Gasteiger partial charge in [-0.25, -0.2) is 0 Å². The summed E-state index contributed by atoms with van der Waals surface area (Å²) in [5, 5.41) is 5.01. The van der Waals surface area contributed by atoms with Crippen LogP contribution < -0.4 is 0 Å². The van der Waals surface area contributed by atoms with Crippen molar-refractivity contribution in [3.05, 3.63) is 145 Å². The van der Waals surface area contributed by atoms with Gasteiger partial charge in [0.2, 0.25) is 0 Å². The lowest BCUT2D eigenvalue weighted by molar-refractivity contribution is 0.670. The molecular formula is C38H26OS. The van der Waals surface area contributed by atoms with Crippen LogP contribution in [0.15, 0.2) is 138 Å². The van der Waals surface area contributed by atoms with E-state index in [2.05, 4.69) is 128 Å². The fourth-order valence-electron chi connectivity index (χ4n) is 6.07. The van der Waals surface area contributed by atoms with Gasteiger partial charge in [0.1, 0.15) is 11.2 Å². The molecule has 0 radical (unpaired) electrons. The van der Waals surface area contributed by atoms with Gasteiger partial charge >= 0.3 is 0 Å². The number of benzene rings is 6. The van der Waals surface area contributed by atoms with Crippen molar-refractivity contribution < 1.29 is 4.42 Å². The van der Waals surface area contributed by atoms with E-state index < -0.39 is 0 Å². The number of hydrogen-bond acceptors (Lipinski definition) is 2. The molecule has 0 aliphatic carbocycles. The van der Waals surface area contributed by atoms with E-state index in [1.54, 1.807) is 0 Å². The second-order valence-corrected chi connectivity index (χ2v) is 11.6. The van der Waals surface area contributed by atoms with Crippen molar-refractivity contribution >= 4 is 53.4 Å². The molecule has 0 bridgehead atoms. The third-order valence-electron chi connectivity index (χ3n) is 8.23. The van der Waals surface area contributed by atoms with Crippen LogP contribution in [-0.2, 0) is 0 Å². The quantitative estimate of drug-likeness (QED) is 0.220. The van der Waals surface area contributed by atoms with Crippen LogP contribution in [0.4, 0.5) is 0 Å². The summed E-state index contributed by atoms with van der Waals surface area (Å²) < 4.78 is 8.99. The molecule has 0 N–H and O–H groups in total. The van der Waals surface area contributed by atoms with Gasteiger partial charge in [-0.2, -0.15) is 0 Å². The van der Waals surface area contributed by atoms with Crippen molar-refractivity contribution in [1.29, 1.82) is 0 Å². The van der Waals surface area contributed by atoms with Crippen LogP contribution in [0.5, 0.6) is 0 Å². The summed E-state index contributed by atoms with van der Waals surface area (Å²) in [7, 11) is 0. The minimum absolute atomic E-state index is 0.276. The average Bonchev–Trinajstić information content (AvgIpc) is 3.59. The fraction of sp³-hybridized carbons (Fsp3) is 0.0526. The predicted octanol–water partition coefficient (Wildman–Crippen LogP) is 11.4. The summed E-state index contributed by atoms with van der Waals surface area (Å²) >= 11 is 1.89. The molecule has 8 aromatic rings. The lowest BCUT2D eigenvalue weighted by atomic mass is 9.89. The minimum atomic E-state index is 0.276. The molecule has 1 atom stereocenters. The molecule has 0 aliphatic rings. The third-order valence-corrected chi connectivity index (χ3v) is 9.45. The first-order valence-electron chi connectivity index (χ1n) is 13.8. The molecule has 40 heavy (non-hydrogen) atoms. The Balaban J connectivity index is 1.15. The third kappa shape index (κ3) is 3.68. The van der Waals surface area contributed by atoms with Gasteiger partial charge in [0.25, 0.3) is 0 Å². The maximum absolute atomic E-state index is 6.29. The van der Waals surface area contributed by atoms with E-state index in [1.807, 2.05) is 23.5 Å². The lowest BCUT2D eigenvalue weighted by Gasteiger charge is -2.15. The molecule has 6 aromatic carbocycles. The Morgan fingerprint density at radius 2 is 1.23 bits per heavy atom. The van der Waals surface area contributed by atoms with Crippen LogP contribution in [0, 0.1) is 0 Å². The van der Waals surface area contributed by atoms with E-state index in [-0.39, 0.29) is 5.92 Å². The van der Waals surface area contributed by atoms with Crippen LogP contribution >= 0.6 is 11.3 Å². The predicted molar refractivity (Wildman–Crippen MR) is 171 cm³/mol. The molecule has 2 aromatic heterocycles.